The van der Waals surface area contributed by atoms with E-state index in [-0.39, 0.29) is 11.6 Å². The Hall–Kier alpha value is -5.12. The van der Waals surface area contributed by atoms with E-state index >= 15 is 0 Å². The lowest BCUT2D eigenvalue weighted by Crippen LogP contribution is -2.27. The van der Waals surface area contributed by atoms with Crippen molar-refractivity contribution in [1.29, 1.82) is 0 Å². The number of halogens is 1. The molecule has 1 fully saturated rings. The Kier molecular flexibility index (Phi) is 7.58. The lowest BCUT2D eigenvalue weighted by Gasteiger charge is -2.30. The van der Waals surface area contributed by atoms with Crippen LogP contribution in [-0.2, 0) is 0 Å². The SMILES string of the molecule is C=N[C@@H](C)C1CCC(c2cc(-c3ccc(NC(=O)c4cccn(-c5ccc(F)cc5)c4=O)cc3)c3c(N)ncnn23)CC1. The number of benzene rings is 2. The van der Waals surface area contributed by atoms with Crippen molar-refractivity contribution < 1.29 is 9.18 Å². The summed E-state index contributed by atoms with van der Waals surface area (Å²) in [6, 6.07) is 18.3. The molecule has 1 aliphatic rings. The van der Waals surface area contributed by atoms with Gasteiger partial charge in [0.2, 0.25) is 0 Å². The van der Waals surface area contributed by atoms with E-state index in [1.54, 1.807) is 18.2 Å². The Labute approximate surface area is 247 Å². The van der Waals surface area contributed by atoms with Crippen molar-refractivity contribution in [3.8, 4) is 16.8 Å². The van der Waals surface area contributed by atoms with Crippen molar-refractivity contribution in [1.82, 2.24) is 19.2 Å². The third-order valence-corrected chi connectivity index (χ3v) is 8.52. The lowest BCUT2D eigenvalue weighted by molar-refractivity contribution is 0.102. The van der Waals surface area contributed by atoms with E-state index in [1.165, 1.54) is 47.4 Å². The average molecular weight is 578 g/mol. The van der Waals surface area contributed by atoms with Crippen molar-refractivity contribution in [3.63, 3.8) is 0 Å². The molecule has 0 bridgehead atoms. The fourth-order valence-corrected chi connectivity index (χ4v) is 6.05. The van der Waals surface area contributed by atoms with Crippen LogP contribution in [0.2, 0.25) is 0 Å². The van der Waals surface area contributed by atoms with Crippen molar-refractivity contribution in [2.75, 3.05) is 11.1 Å². The molecule has 3 N–H and O–H groups in total. The number of nitrogens with two attached hydrogens (primary N) is 1. The maximum atomic E-state index is 13.4. The molecule has 0 aliphatic heterocycles. The summed E-state index contributed by atoms with van der Waals surface area (Å²) in [7, 11) is 0. The molecule has 1 saturated carbocycles. The number of carbonyl (C=O) groups is 1. The molecule has 1 amide bonds. The molecule has 6 rings (SSSR count). The number of aromatic nitrogens is 4. The van der Waals surface area contributed by atoms with Crippen LogP contribution in [0.4, 0.5) is 15.9 Å². The van der Waals surface area contributed by atoms with E-state index in [4.69, 9.17) is 5.73 Å². The van der Waals surface area contributed by atoms with Gasteiger partial charge in [0, 0.05) is 40.8 Å². The first-order valence-electron chi connectivity index (χ1n) is 14.3. The third kappa shape index (κ3) is 5.43. The Morgan fingerprint density at radius 2 is 1.81 bits per heavy atom. The quantitative estimate of drug-likeness (QED) is 0.234. The van der Waals surface area contributed by atoms with Gasteiger partial charge < -0.3 is 11.1 Å². The average Bonchev–Trinajstić information content (AvgIpc) is 3.43. The molecule has 0 radical (unpaired) electrons. The van der Waals surface area contributed by atoms with Gasteiger partial charge in [0.15, 0.2) is 5.82 Å². The molecule has 43 heavy (non-hydrogen) atoms. The topological polar surface area (TPSA) is 120 Å². The van der Waals surface area contributed by atoms with Crippen LogP contribution in [0.15, 0.2) is 89.0 Å². The number of pyridine rings is 1. The summed E-state index contributed by atoms with van der Waals surface area (Å²) in [5.74, 6) is 0.330. The van der Waals surface area contributed by atoms with Gasteiger partial charge in [0.05, 0.1) is 0 Å². The first-order chi connectivity index (χ1) is 20.8. The summed E-state index contributed by atoms with van der Waals surface area (Å²) in [5, 5.41) is 7.37. The van der Waals surface area contributed by atoms with Crippen molar-refractivity contribution in [3.05, 3.63) is 107 Å². The number of hydrogen-bond acceptors (Lipinski definition) is 6. The van der Waals surface area contributed by atoms with Crippen LogP contribution in [0.5, 0.6) is 0 Å². The molecule has 9 nitrogen and oxygen atoms in total. The molecule has 0 saturated heterocycles. The second kappa shape index (κ2) is 11.6. The number of nitrogen functional groups attached to an aromatic ring is 1. The van der Waals surface area contributed by atoms with Crippen LogP contribution in [0, 0.1) is 11.7 Å². The summed E-state index contributed by atoms with van der Waals surface area (Å²) in [5.41, 5.74) is 10.5. The van der Waals surface area contributed by atoms with Crippen molar-refractivity contribution in [2.24, 2.45) is 10.9 Å². The molecule has 0 unspecified atom stereocenters. The number of rotatable bonds is 7. The van der Waals surface area contributed by atoms with Gasteiger partial charge in [-0.1, -0.05) is 12.1 Å². The molecular weight excluding hydrogens is 545 g/mol. The summed E-state index contributed by atoms with van der Waals surface area (Å²) in [6.07, 6.45) is 7.26. The number of aliphatic imine (C=N–C) groups is 1. The Bertz CT molecular complexity index is 1850. The number of amides is 1. The number of anilines is 2. The van der Waals surface area contributed by atoms with Gasteiger partial charge in [0.1, 0.15) is 23.2 Å². The van der Waals surface area contributed by atoms with E-state index in [2.05, 4.69) is 40.1 Å². The van der Waals surface area contributed by atoms with E-state index in [9.17, 15) is 14.0 Å². The zero-order valence-corrected chi connectivity index (χ0v) is 23.8. The maximum Gasteiger partial charge on any atom is 0.267 e. The van der Waals surface area contributed by atoms with Crippen LogP contribution in [0.1, 0.15) is 54.6 Å². The minimum absolute atomic E-state index is 0.0307. The van der Waals surface area contributed by atoms with E-state index in [1.807, 2.05) is 16.6 Å². The van der Waals surface area contributed by atoms with Gasteiger partial charge >= 0.3 is 0 Å². The van der Waals surface area contributed by atoms with Crippen LogP contribution >= 0.6 is 0 Å². The highest BCUT2D eigenvalue weighted by molar-refractivity contribution is 6.04. The van der Waals surface area contributed by atoms with E-state index < -0.39 is 17.3 Å². The first-order valence-corrected chi connectivity index (χ1v) is 14.3. The van der Waals surface area contributed by atoms with Crippen molar-refractivity contribution in [2.45, 2.75) is 44.6 Å². The second-order valence-electron chi connectivity index (χ2n) is 11.0. The van der Waals surface area contributed by atoms with Crippen LogP contribution in [0.25, 0.3) is 22.3 Å². The van der Waals surface area contributed by atoms with E-state index in [0.29, 0.717) is 29.0 Å². The van der Waals surface area contributed by atoms with Gasteiger partial charge in [-0.15, -0.1) is 0 Å². The molecule has 1 atom stereocenters. The highest BCUT2D eigenvalue weighted by Crippen LogP contribution is 2.41. The maximum absolute atomic E-state index is 13.4. The molecule has 2 aromatic carbocycles. The summed E-state index contributed by atoms with van der Waals surface area (Å²) in [6.45, 7) is 5.86. The zero-order valence-electron chi connectivity index (χ0n) is 23.8. The predicted molar refractivity (Wildman–Crippen MR) is 166 cm³/mol. The molecular formula is C33H32FN7O2. The van der Waals surface area contributed by atoms with E-state index in [0.717, 1.165) is 48.0 Å². The minimum Gasteiger partial charge on any atom is -0.382 e. The monoisotopic (exact) mass is 577 g/mol. The Morgan fingerprint density at radius 3 is 2.51 bits per heavy atom. The van der Waals surface area contributed by atoms with Crippen LogP contribution < -0.4 is 16.6 Å². The number of carbonyl (C=O) groups excluding carboxylic acids is 1. The predicted octanol–water partition coefficient (Wildman–Crippen LogP) is 5.88. The number of nitrogens with one attached hydrogen (secondary N) is 1. The van der Waals surface area contributed by atoms with Gasteiger partial charge in [-0.05, 0) is 105 Å². The third-order valence-electron chi connectivity index (χ3n) is 8.52. The Balaban J connectivity index is 1.24. The highest BCUT2D eigenvalue weighted by atomic mass is 19.1. The summed E-state index contributed by atoms with van der Waals surface area (Å²) >= 11 is 0. The normalized spacial score (nSPS) is 17.4. The molecule has 10 heteroatoms. The minimum atomic E-state index is -0.542. The van der Waals surface area contributed by atoms with Crippen LogP contribution in [-0.4, -0.2) is 37.8 Å². The molecule has 218 valence electrons. The van der Waals surface area contributed by atoms with Gasteiger partial charge in [-0.25, -0.2) is 13.9 Å². The zero-order chi connectivity index (χ0) is 30.1. The fraction of sp³-hybridized carbons (Fsp3) is 0.242. The van der Waals surface area contributed by atoms with Gasteiger partial charge in [0.25, 0.3) is 11.5 Å². The summed E-state index contributed by atoms with van der Waals surface area (Å²) < 4.78 is 16.6. The standard InChI is InChI=1S/C33H32FN7O2/c1-20(36-2)21-5-7-23(8-6-21)29-18-28(30-31(35)37-19-38-41(29)30)22-9-13-25(14-10-22)39-32(42)27-4-3-17-40(33(27)43)26-15-11-24(34)12-16-26/h3-4,9-21,23H,2,5-8H2,1H3,(H,39,42)(H2,35,37,38)/t20-,21?,23?/m0/s1. The number of nitrogens with zero attached hydrogens (tertiary/aromatic N) is 5. The molecule has 1 aliphatic carbocycles. The highest BCUT2D eigenvalue weighted by Gasteiger charge is 2.29. The smallest absolute Gasteiger partial charge is 0.267 e. The lowest BCUT2D eigenvalue weighted by atomic mass is 9.78. The fourth-order valence-electron chi connectivity index (χ4n) is 6.05. The second-order valence-corrected chi connectivity index (χ2v) is 11.0. The number of fused-ring (bicyclic) bond motifs is 1. The van der Waals surface area contributed by atoms with Gasteiger partial charge in [-0.3, -0.25) is 19.1 Å². The summed E-state index contributed by atoms with van der Waals surface area (Å²) in [4.78, 5) is 34.6. The molecule has 3 heterocycles. The molecule has 3 aromatic heterocycles. The molecule has 5 aromatic rings. The largest absolute Gasteiger partial charge is 0.382 e. The molecule has 0 spiro atoms. The van der Waals surface area contributed by atoms with Crippen LogP contribution in [0.3, 0.4) is 0 Å². The van der Waals surface area contributed by atoms with Crippen molar-refractivity contribution >= 4 is 29.6 Å². The Morgan fingerprint density at radius 1 is 1.09 bits per heavy atom. The van der Waals surface area contributed by atoms with Gasteiger partial charge in [-0.2, -0.15) is 5.10 Å². The first kappa shape index (κ1) is 28.0. The number of hydrogen-bond donors (Lipinski definition) is 2.